The first-order valence-corrected chi connectivity index (χ1v) is 8.95. The summed E-state index contributed by atoms with van der Waals surface area (Å²) in [6.07, 6.45) is -4.77. The van der Waals surface area contributed by atoms with Crippen LogP contribution in [0.3, 0.4) is 0 Å². The van der Waals surface area contributed by atoms with Crippen molar-refractivity contribution < 1.29 is 31.6 Å². The number of halogens is 5. The maximum absolute atomic E-state index is 12.2. The lowest BCUT2D eigenvalue weighted by atomic mass is 10.2. The minimum absolute atomic E-state index is 0.0552. The van der Waals surface area contributed by atoms with Crippen molar-refractivity contribution in [2.45, 2.75) is 6.36 Å². The lowest BCUT2D eigenvalue weighted by Crippen LogP contribution is -2.16. The fourth-order valence-electron chi connectivity index (χ4n) is 2.44. The van der Waals surface area contributed by atoms with Crippen molar-refractivity contribution in [3.8, 4) is 40.5 Å². The third-order valence-electron chi connectivity index (χ3n) is 3.62. The van der Waals surface area contributed by atoms with Crippen LogP contribution in [0.1, 0.15) is 0 Å². The quantitative estimate of drug-likeness (QED) is 0.322. The molecule has 0 aliphatic rings. The zero-order valence-electron chi connectivity index (χ0n) is 14.6. The van der Waals surface area contributed by atoms with Crippen LogP contribution in [0.2, 0.25) is 10.0 Å². The largest absolute Gasteiger partial charge is 0.573 e. The molecule has 2 heterocycles. The molecule has 0 radical (unpaired) electrons. The van der Waals surface area contributed by atoms with Gasteiger partial charge in [0.05, 0.1) is 0 Å². The zero-order valence-corrected chi connectivity index (χ0v) is 16.1. The van der Waals surface area contributed by atoms with E-state index < -0.39 is 6.36 Å². The summed E-state index contributed by atoms with van der Waals surface area (Å²) < 4.78 is 56.8. The molecule has 2 aromatic carbocycles. The second kappa shape index (κ2) is 7.92. The molecule has 0 atom stereocenters. The molecule has 30 heavy (non-hydrogen) atoms. The van der Waals surface area contributed by atoms with Gasteiger partial charge >= 0.3 is 6.36 Å². The average molecular weight is 457 g/mol. The number of hydrogen-bond acceptors (Lipinski definition) is 6. The first-order chi connectivity index (χ1) is 14.2. The van der Waals surface area contributed by atoms with Gasteiger partial charge in [0.1, 0.15) is 11.5 Å². The van der Waals surface area contributed by atoms with Crippen LogP contribution >= 0.6 is 23.2 Å². The zero-order chi connectivity index (χ0) is 21.3. The molecule has 154 valence electrons. The summed E-state index contributed by atoms with van der Waals surface area (Å²) in [7, 11) is 0. The molecule has 6 nitrogen and oxygen atoms in total. The Morgan fingerprint density at radius 1 is 0.867 bits per heavy atom. The van der Waals surface area contributed by atoms with Gasteiger partial charge in [-0.1, -0.05) is 28.4 Å². The summed E-state index contributed by atoms with van der Waals surface area (Å²) in [6, 6.07) is 12.8. The van der Waals surface area contributed by atoms with E-state index in [1.165, 1.54) is 18.2 Å². The van der Waals surface area contributed by atoms with Gasteiger partial charge in [0.2, 0.25) is 5.82 Å². The van der Waals surface area contributed by atoms with Crippen molar-refractivity contribution in [3.63, 3.8) is 0 Å². The molecule has 0 unspecified atom stereocenters. The number of rotatable bonds is 5. The molecule has 0 saturated carbocycles. The number of alkyl halides is 3. The lowest BCUT2D eigenvalue weighted by molar-refractivity contribution is -0.274. The predicted octanol–water partition coefficient (Wildman–Crippen LogP) is 6.99. The Bertz CT molecular complexity index is 1150. The molecular formula is C19H9Cl2F3N2O4. The minimum Gasteiger partial charge on any atom is -0.426 e. The molecular weight excluding hydrogens is 448 g/mol. The Labute approximate surface area is 176 Å². The van der Waals surface area contributed by atoms with Gasteiger partial charge in [-0.15, -0.1) is 13.2 Å². The molecule has 0 aliphatic carbocycles. The summed E-state index contributed by atoms with van der Waals surface area (Å²) in [5, 5.41) is 4.60. The van der Waals surface area contributed by atoms with Gasteiger partial charge in [-0.05, 0) is 48.5 Å². The minimum atomic E-state index is -4.77. The van der Waals surface area contributed by atoms with E-state index in [4.69, 9.17) is 36.9 Å². The summed E-state index contributed by atoms with van der Waals surface area (Å²) in [6.45, 7) is 0. The lowest BCUT2D eigenvalue weighted by Gasteiger charge is -2.08. The first-order valence-electron chi connectivity index (χ1n) is 8.19. The predicted molar refractivity (Wildman–Crippen MR) is 101 cm³/mol. The number of ether oxygens (including phenoxy) is 2. The van der Waals surface area contributed by atoms with Crippen LogP contribution in [-0.4, -0.2) is 16.5 Å². The Kier molecular flexibility index (Phi) is 5.31. The first kappa shape index (κ1) is 20.1. The van der Waals surface area contributed by atoms with Crippen LogP contribution < -0.4 is 9.47 Å². The van der Waals surface area contributed by atoms with E-state index in [9.17, 15) is 13.2 Å². The molecule has 4 aromatic rings. The normalized spacial score (nSPS) is 11.5. The van der Waals surface area contributed by atoms with E-state index in [1.54, 1.807) is 24.3 Å². The van der Waals surface area contributed by atoms with E-state index in [1.807, 2.05) is 0 Å². The summed E-state index contributed by atoms with van der Waals surface area (Å²) in [5.41, 5.74) is 0.427. The van der Waals surface area contributed by atoms with Gasteiger partial charge in [-0.25, -0.2) is 0 Å². The van der Waals surface area contributed by atoms with Crippen LogP contribution in [0.4, 0.5) is 13.2 Å². The van der Waals surface area contributed by atoms with Crippen molar-refractivity contribution in [2.75, 3.05) is 0 Å². The molecule has 0 aliphatic heterocycles. The highest BCUT2D eigenvalue weighted by Gasteiger charge is 2.31. The topological polar surface area (TPSA) is 70.5 Å². The molecule has 0 fully saturated rings. The van der Waals surface area contributed by atoms with E-state index in [0.29, 0.717) is 21.4 Å². The Morgan fingerprint density at radius 3 is 2.23 bits per heavy atom. The van der Waals surface area contributed by atoms with Crippen molar-refractivity contribution >= 4 is 23.2 Å². The fourth-order valence-corrected chi connectivity index (χ4v) is 2.95. The standard InChI is InChI=1S/C19H9Cl2F3N2O4/c20-11-7-12(21)9-14(8-11)27-16-6-5-15(28-16)18-25-17(26-30-18)10-1-3-13(4-2-10)29-19(22,23)24/h1-9H. The number of hydrogen-bond donors (Lipinski definition) is 0. The van der Waals surface area contributed by atoms with Crippen molar-refractivity contribution in [1.29, 1.82) is 0 Å². The maximum Gasteiger partial charge on any atom is 0.573 e. The maximum atomic E-state index is 12.2. The monoisotopic (exact) mass is 456 g/mol. The third-order valence-corrected chi connectivity index (χ3v) is 4.06. The molecule has 0 N–H and O–H groups in total. The Morgan fingerprint density at radius 2 is 1.57 bits per heavy atom. The second-order valence-corrected chi connectivity index (χ2v) is 6.69. The van der Waals surface area contributed by atoms with Gasteiger partial charge in [-0.2, -0.15) is 4.98 Å². The number of benzene rings is 2. The van der Waals surface area contributed by atoms with Crippen molar-refractivity contribution in [3.05, 3.63) is 64.6 Å². The number of aromatic nitrogens is 2. The molecule has 2 aromatic heterocycles. The molecule has 4 rings (SSSR count). The Hall–Kier alpha value is -3.17. The second-order valence-electron chi connectivity index (χ2n) is 5.82. The number of furan rings is 1. The average Bonchev–Trinajstić information content (AvgIpc) is 3.29. The van der Waals surface area contributed by atoms with Gasteiger partial charge in [-0.3, -0.25) is 0 Å². The highest BCUT2D eigenvalue weighted by molar-refractivity contribution is 6.34. The third kappa shape index (κ3) is 4.87. The highest BCUT2D eigenvalue weighted by atomic mass is 35.5. The van der Waals surface area contributed by atoms with Gasteiger partial charge in [0.25, 0.3) is 11.8 Å². The van der Waals surface area contributed by atoms with Crippen LogP contribution in [0.5, 0.6) is 17.4 Å². The fraction of sp³-hybridized carbons (Fsp3) is 0.0526. The highest BCUT2D eigenvalue weighted by Crippen LogP contribution is 2.32. The van der Waals surface area contributed by atoms with Crippen molar-refractivity contribution in [1.82, 2.24) is 10.1 Å². The smallest absolute Gasteiger partial charge is 0.426 e. The van der Waals surface area contributed by atoms with Gasteiger partial charge in [0, 0.05) is 21.7 Å². The molecule has 11 heteroatoms. The summed E-state index contributed by atoms with van der Waals surface area (Å²) >= 11 is 11.9. The molecule has 0 bridgehead atoms. The summed E-state index contributed by atoms with van der Waals surface area (Å²) in [4.78, 5) is 4.17. The van der Waals surface area contributed by atoms with Crippen LogP contribution in [-0.2, 0) is 0 Å². The van der Waals surface area contributed by atoms with Crippen LogP contribution in [0.25, 0.3) is 23.0 Å². The van der Waals surface area contributed by atoms with E-state index in [2.05, 4.69) is 14.9 Å². The van der Waals surface area contributed by atoms with E-state index in [0.717, 1.165) is 12.1 Å². The molecule has 0 spiro atoms. The van der Waals surface area contributed by atoms with Crippen LogP contribution in [0.15, 0.2) is 63.5 Å². The van der Waals surface area contributed by atoms with Gasteiger partial charge < -0.3 is 18.4 Å². The van der Waals surface area contributed by atoms with E-state index >= 15 is 0 Å². The Balaban J connectivity index is 1.49. The SMILES string of the molecule is FC(F)(F)Oc1ccc(-c2noc(-c3ccc(Oc4cc(Cl)cc(Cl)c4)o3)n2)cc1. The van der Waals surface area contributed by atoms with Gasteiger partial charge in [0.15, 0.2) is 5.76 Å². The van der Waals surface area contributed by atoms with E-state index in [-0.39, 0.29) is 29.2 Å². The summed E-state index contributed by atoms with van der Waals surface area (Å²) in [5.74, 6) is 0.596. The van der Waals surface area contributed by atoms with Crippen molar-refractivity contribution in [2.24, 2.45) is 0 Å². The number of nitrogens with zero attached hydrogens (tertiary/aromatic N) is 2. The molecule has 0 saturated heterocycles. The van der Waals surface area contributed by atoms with Crippen LogP contribution in [0, 0.1) is 0 Å². The molecule has 0 amide bonds.